The zero-order chi connectivity index (χ0) is 15.9. The molecule has 0 aliphatic carbocycles. The number of ether oxygens (including phenoxy) is 1. The normalized spacial score (nSPS) is 12.1. The van der Waals surface area contributed by atoms with Crippen molar-refractivity contribution in [1.29, 1.82) is 0 Å². The first-order valence-electron chi connectivity index (χ1n) is 7.02. The number of aryl methyl sites for hydroxylation is 1. The molecule has 0 saturated carbocycles. The smallest absolute Gasteiger partial charge is 0.252 e. The first-order chi connectivity index (χ1) is 10.6. The van der Waals surface area contributed by atoms with Gasteiger partial charge in [-0.05, 0) is 26.0 Å². The van der Waals surface area contributed by atoms with Gasteiger partial charge in [-0.3, -0.25) is 4.79 Å². The summed E-state index contributed by atoms with van der Waals surface area (Å²) in [5.41, 5.74) is 1.75. The van der Waals surface area contributed by atoms with E-state index in [4.69, 9.17) is 4.74 Å². The molecule has 0 saturated heterocycles. The third kappa shape index (κ3) is 4.83. The van der Waals surface area contributed by atoms with Crippen LogP contribution in [0.5, 0.6) is 0 Å². The maximum absolute atomic E-state index is 12.4. The lowest BCUT2D eigenvalue weighted by molar-refractivity contribution is 0.0902. The van der Waals surface area contributed by atoms with E-state index in [-0.39, 0.29) is 11.9 Å². The first-order valence-corrected chi connectivity index (χ1v) is 8.89. The van der Waals surface area contributed by atoms with Crippen LogP contribution in [0.1, 0.15) is 28.0 Å². The van der Waals surface area contributed by atoms with Crippen molar-refractivity contribution in [3.63, 3.8) is 0 Å². The van der Waals surface area contributed by atoms with Crippen molar-refractivity contribution in [2.24, 2.45) is 0 Å². The summed E-state index contributed by atoms with van der Waals surface area (Å²) < 4.78 is 5.05. The highest BCUT2D eigenvalue weighted by atomic mass is 32.2. The van der Waals surface area contributed by atoms with Gasteiger partial charge in [0.2, 0.25) is 0 Å². The Balaban J connectivity index is 2.04. The number of benzene rings is 1. The molecule has 1 atom stereocenters. The van der Waals surface area contributed by atoms with Crippen molar-refractivity contribution >= 4 is 29.0 Å². The summed E-state index contributed by atoms with van der Waals surface area (Å²) in [6.45, 7) is 4.42. The van der Waals surface area contributed by atoms with Gasteiger partial charge in [0.1, 0.15) is 0 Å². The van der Waals surface area contributed by atoms with Crippen molar-refractivity contribution < 1.29 is 9.53 Å². The van der Waals surface area contributed by atoms with Crippen molar-refractivity contribution in [1.82, 2.24) is 10.3 Å². The molecule has 1 heterocycles. The number of thioether (sulfide) groups is 1. The van der Waals surface area contributed by atoms with E-state index in [9.17, 15) is 4.79 Å². The minimum absolute atomic E-state index is 0.0169. The fraction of sp³-hybridized carbons (Fsp3) is 0.375. The molecule has 2 rings (SSSR count). The Morgan fingerprint density at radius 3 is 2.91 bits per heavy atom. The molecule has 1 aromatic carbocycles. The molecule has 1 unspecified atom stereocenters. The van der Waals surface area contributed by atoms with Gasteiger partial charge in [0.05, 0.1) is 22.9 Å². The summed E-state index contributed by atoms with van der Waals surface area (Å²) in [5.74, 6) is 0.699. The van der Waals surface area contributed by atoms with Gasteiger partial charge in [-0.1, -0.05) is 12.1 Å². The molecular formula is C16H20N2O2S2. The van der Waals surface area contributed by atoms with Crippen LogP contribution in [0.25, 0.3) is 0 Å². The number of aromatic nitrogens is 1. The number of thiazole rings is 1. The minimum atomic E-state index is -0.0675. The van der Waals surface area contributed by atoms with E-state index in [0.29, 0.717) is 12.2 Å². The molecule has 1 aromatic heterocycles. The van der Waals surface area contributed by atoms with Crippen LogP contribution < -0.4 is 5.32 Å². The van der Waals surface area contributed by atoms with Gasteiger partial charge >= 0.3 is 0 Å². The number of rotatable bonds is 7. The van der Waals surface area contributed by atoms with E-state index in [1.165, 1.54) is 0 Å². The Morgan fingerprint density at radius 2 is 2.23 bits per heavy atom. The maximum atomic E-state index is 12.4. The van der Waals surface area contributed by atoms with Gasteiger partial charge in [-0.2, -0.15) is 0 Å². The van der Waals surface area contributed by atoms with Crippen molar-refractivity contribution in [3.05, 3.63) is 45.9 Å². The lowest BCUT2D eigenvalue weighted by Gasteiger charge is -2.14. The molecule has 118 valence electrons. The third-order valence-corrected chi connectivity index (χ3v) is 4.90. The zero-order valence-corrected chi connectivity index (χ0v) is 14.6. The van der Waals surface area contributed by atoms with Crippen LogP contribution in [-0.4, -0.2) is 30.6 Å². The average Bonchev–Trinajstić information content (AvgIpc) is 2.91. The fourth-order valence-corrected chi connectivity index (χ4v) is 3.66. The minimum Gasteiger partial charge on any atom is -0.383 e. The zero-order valence-electron chi connectivity index (χ0n) is 13.0. The van der Waals surface area contributed by atoms with Crippen LogP contribution in [0.4, 0.5) is 0 Å². The number of carbonyl (C=O) groups is 1. The largest absolute Gasteiger partial charge is 0.383 e. The standard InChI is InChI=1S/C16H20N2O2S2/c1-11(8-20-3)17-16(19)14-6-4-5-7-15(14)22-10-13-9-21-12(2)18-13/h4-7,9,11H,8,10H2,1-3H3,(H,17,19). The number of amides is 1. The Kier molecular flexibility index (Phi) is 6.42. The number of methoxy groups -OCH3 is 1. The van der Waals surface area contributed by atoms with Crippen LogP contribution in [0.2, 0.25) is 0 Å². The SMILES string of the molecule is COCC(C)NC(=O)c1ccccc1SCc1csc(C)n1. The van der Waals surface area contributed by atoms with Gasteiger partial charge in [0, 0.05) is 29.2 Å². The maximum Gasteiger partial charge on any atom is 0.252 e. The summed E-state index contributed by atoms with van der Waals surface area (Å²) >= 11 is 3.28. The lowest BCUT2D eigenvalue weighted by atomic mass is 10.2. The number of hydrogen-bond donors (Lipinski definition) is 1. The van der Waals surface area contributed by atoms with Crippen LogP contribution >= 0.6 is 23.1 Å². The van der Waals surface area contributed by atoms with Gasteiger partial charge in [-0.15, -0.1) is 23.1 Å². The molecule has 4 nitrogen and oxygen atoms in total. The van der Waals surface area contributed by atoms with Crippen LogP contribution in [0.15, 0.2) is 34.5 Å². The van der Waals surface area contributed by atoms with E-state index in [1.54, 1.807) is 30.2 Å². The third-order valence-electron chi connectivity index (χ3n) is 2.97. The van der Waals surface area contributed by atoms with Crippen LogP contribution in [0, 0.1) is 6.92 Å². The number of hydrogen-bond acceptors (Lipinski definition) is 5. The highest BCUT2D eigenvalue weighted by molar-refractivity contribution is 7.98. The van der Waals surface area contributed by atoms with Crippen LogP contribution in [-0.2, 0) is 10.5 Å². The van der Waals surface area contributed by atoms with Gasteiger partial charge in [-0.25, -0.2) is 4.98 Å². The molecule has 6 heteroatoms. The molecule has 0 bridgehead atoms. The van der Waals surface area contributed by atoms with E-state index in [0.717, 1.165) is 21.3 Å². The molecule has 1 amide bonds. The second-order valence-corrected chi connectivity index (χ2v) is 7.05. The average molecular weight is 336 g/mol. The molecule has 0 radical (unpaired) electrons. The summed E-state index contributed by atoms with van der Waals surface area (Å²) in [4.78, 5) is 17.8. The second kappa shape index (κ2) is 8.31. The molecule has 0 aliphatic rings. The molecule has 0 fully saturated rings. The summed E-state index contributed by atoms with van der Waals surface area (Å²) in [6.07, 6.45) is 0. The Morgan fingerprint density at radius 1 is 1.45 bits per heavy atom. The summed E-state index contributed by atoms with van der Waals surface area (Å²) in [5, 5.41) is 6.07. The first kappa shape index (κ1) is 17.0. The molecule has 1 N–H and O–H groups in total. The van der Waals surface area contributed by atoms with Crippen molar-refractivity contribution in [3.8, 4) is 0 Å². The molecule has 0 aliphatic heterocycles. The van der Waals surface area contributed by atoms with Gasteiger partial charge < -0.3 is 10.1 Å². The van der Waals surface area contributed by atoms with E-state index in [2.05, 4.69) is 15.7 Å². The van der Waals surface area contributed by atoms with Crippen LogP contribution in [0.3, 0.4) is 0 Å². The quantitative estimate of drug-likeness (QED) is 0.786. The summed E-state index contributed by atoms with van der Waals surface area (Å²) in [6, 6.07) is 7.64. The number of nitrogens with one attached hydrogen (secondary N) is 1. The number of nitrogens with zero attached hydrogens (tertiary/aromatic N) is 1. The highest BCUT2D eigenvalue weighted by Crippen LogP contribution is 2.26. The second-order valence-electron chi connectivity index (χ2n) is 4.97. The molecule has 2 aromatic rings. The van der Waals surface area contributed by atoms with E-state index >= 15 is 0 Å². The Hall–Kier alpha value is -1.37. The molecular weight excluding hydrogens is 316 g/mol. The topological polar surface area (TPSA) is 51.2 Å². The van der Waals surface area contributed by atoms with Gasteiger partial charge in [0.15, 0.2) is 0 Å². The van der Waals surface area contributed by atoms with Gasteiger partial charge in [0.25, 0.3) is 5.91 Å². The predicted molar refractivity (Wildman–Crippen MR) is 91.7 cm³/mol. The predicted octanol–water partition coefficient (Wildman–Crippen LogP) is 3.51. The number of carbonyl (C=O) groups excluding carboxylic acids is 1. The van der Waals surface area contributed by atoms with Crippen molar-refractivity contribution in [2.75, 3.05) is 13.7 Å². The Labute approximate surface area is 139 Å². The molecule has 0 spiro atoms. The monoisotopic (exact) mass is 336 g/mol. The molecule has 22 heavy (non-hydrogen) atoms. The van der Waals surface area contributed by atoms with E-state index in [1.807, 2.05) is 38.1 Å². The van der Waals surface area contributed by atoms with Crippen molar-refractivity contribution in [2.45, 2.75) is 30.5 Å². The van der Waals surface area contributed by atoms with E-state index < -0.39 is 0 Å². The highest BCUT2D eigenvalue weighted by Gasteiger charge is 2.14. The lowest BCUT2D eigenvalue weighted by Crippen LogP contribution is -2.35. The Bertz CT molecular complexity index is 628. The summed E-state index contributed by atoms with van der Waals surface area (Å²) in [7, 11) is 1.63. The fourth-order valence-electron chi connectivity index (χ4n) is 2.00.